The zero-order chi connectivity index (χ0) is 16.5. The van der Waals surface area contributed by atoms with Crippen LogP contribution in [0, 0.1) is 6.92 Å². The van der Waals surface area contributed by atoms with E-state index in [9.17, 15) is 4.79 Å². The second-order valence-electron chi connectivity index (χ2n) is 6.83. The molecule has 128 valence electrons. The van der Waals surface area contributed by atoms with Gasteiger partial charge in [0.05, 0.1) is 0 Å². The molecule has 2 saturated heterocycles. The summed E-state index contributed by atoms with van der Waals surface area (Å²) in [6.07, 6.45) is 4.86. The summed E-state index contributed by atoms with van der Waals surface area (Å²) >= 11 is 0. The summed E-state index contributed by atoms with van der Waals surface area (Å²) < 4.78 is 5.48. The quantitative estimate of drug-likeness (QED) is 0.919. The van der Waals surface area contributed by atoms with Crippen LogP contribution in [0.25, 0.3) is 11.1 Å². The van der Waals surface area contributed by atoms with Crippen molar-refractivity contribution in [2.45, 2.75) is 38.6 Å². The molecule has 0 aliphatic carbocycles. The number of hydrogen-bond acceptors (Lipinski definition) is 4. The Balaban J connectivity index is 1.42. The number of rotatable bonds is 2. The predicted molar refractivity (Wildman–Crippen MR) is 93.2 cm³/mol. The summed E-state index contributed by atoms with van der Waals surface area (Å²) in [6, 6.07) is 6.10. The largest absolute Gasteiger partial charge is 0.441 e. The van der Waals surface area contributed by atoms with Gasteiger partial charge in [0.1, 0.15) is 5.52 Å². The van der Waals surface area contributed by atoms with Crippen molar-refractivity contribution in [3.8, 4) is 0 Å². The molecule has 1 aromatic heterocycles. The number of amides is 2. The van der Waals surface area contributed by atoms with Gasteiger partial charge in [-0.3, -0.25) is 4.90 Å². The molecule has 0 radical (unpaired) electrons. The number of nitrogens with one attached hydrogen (secondary N) is 1. The molecule has 6 nitrogen and oxygen atoms in total. The maximum absolute atomic E-state index is 12.6. The van der Waals surface area contributed by atoms with Crippen LogP contribution in [-0.4, -0.2) is 53.0 Å². The maximum atomic E-state index is 12.6. The van der Waals surface area contributed by atoms with Crippen LogP contribution in [0.1, 0.15) is 31.6 Å². The van der Waals surface area contributed by atoms with E-state index in [2.05, 4.69) is 15.2 Å². The van der Waals surface area contributed by atoms with E-state index < -0.39 is 0 Å². The normalized spacial score (nSPS) is 22.2. The highest BCUT2D eigenvalue weighted by molar-refractivity contribution is 5.91. The van der Waals surface area contributed by atoms with E-state index in [0.717, 1.165) is 36.3 Å². The van der Waals surface area contributed by atoms with Gasteiger partial charge in [-0.15, -0.1) is 0 Å². The number of aryl methyl sites for hydroxylation is 1. The van der Waals surface area contributed by atoms with Gasteiger partial charge in [0.2, 0.25) is 0 Å². The fourth-order valence-electron chi connectivity index (χ4n) is 3.87. The van der Waals surface area contributed by atoms with Crippen molar-refractivity contribution in [1.82, 2.24) is 14.8 Å². The molecule has 2 aliphatic heterocycles. The van der Waals surface area contributed by atoms with Gasteiger partial charge in [-0.1, -0.05) is 0 Å². The van der Waals surface area contributed by atoms with Crippen LogP contribution in [0.3, 0.4) is 0 Å². The highest BCUT2D eigenvalue weighted by atomic mass is 16.3. The van der Waals surface area contributed by atoms with Gasteiger partial charge in [-0.25, -0.2) is 9.78 Å². The average molecular weight is 328 g/mol. The minimum absolute atomic E-state index is 0.0153. The topological polar surface area (TPSA) is 61.6 Å². The van der Waals surface area contributed by atoms with Crippen molar-refractivity contribution in [2.75, 3.05) is 31.5 Å². The number of carbonyl (C=O) groups is 1. The minimum atomic E-state index is -0.0153. The molecule has 6 heteroatoms. The van der Waals surface area contributed by atoms with E-state index in [0.29, 0.717) is 11.9 Å². The highest BCUT2D eigenvalue weighted by Crippen LogP contribution is 2.23. The molecule has 24 heavy (non-hydrogen) atoms. The number of likely N-dealkylation sites (tertiary alicyclic amines) is 2. The van der Waals surface area contributed by atoms with E-state index in [4.69, 9.17) is 4.42 Å². The van der Waals surface area contributed by atoms with Gasteiger partial charge in [-0.2, -0.15) is 0 Å². The summed E-state index contributed by atoms with van der Waals surface area (Å²) in [5, 5.41) is 3.01. The summed E-state index contributed by atoms with van der Waals surface area (Å²) in [4.78, 5) is 21.4. The minimum Gasteiger partial charge on any atom is -0.441 e. The van der Waals surface area contributed by atoms with Gasteiger partial charge < -0.3 is 14.6 Å². The first-order valence-corrected chi connectivity index (χ1v) is 8.86. The first-order chi connectivity index (χ1) is 11.7. The van der Waals surface area contributed by atoms with Crippen molar-refractivity contribution in [3.63, 3.8) is 0 Å². The van der Waals surface area contributed by atoms with Crippen LogP contribution in [-0.2, 0) is 0 Å². The lowest BCUT2D eigenvalue weighted by molar-refractivity contribution is 0.132. The third kappa shape index (κ3) is 3.11. The molecule has 1 unspecified atom stereocenters. The smallest absolute Gasteiger partial charge is 0.321 e. The van der Waals surface area contributed by atoms with Gasteiger partial charge in [-0.05, 0) is 57.0 Å². The fraction of sp³-hybridized carbons (Fsp3) is 0.556. The molecule has 0 bridgehead atoms. The number of carbonyl (C=O) groups excluding carboxylic acids is 1. The third-order valence-corrected chi connectivity index (χ3v) is 5.09. The monoisotopic (exact) mass is 328 g/mol. The van der Waals surface area contributed by atoms with E-state index >= 15 is 0 Å². The molecule has 1 aromatic carbocycles. The van der Waals surface area contributed by atoms with Crippen molar-refractivity contribution >= 4 is 22.8 Å². The van der Waals surface area contributed by atoms with Crippen LogP contribution in [0.2, 0.25) is 0 Å². The van der Waals surface area contributed by atoms with Crippen LogP contribution in [0.5, 0.6) is 0 Å². The molecular weight excluding hydrogens is 304 g/mol. The van der Waals surface area contributed by atoms with Gasteiger partial charge in [0, 0.05) is 31.7 Å². The molecule has 0 saturated carbocycles. The fourth-order valence-corrected chi connectivity index (χ4v) is 3.87. The highest BCUT2D eigenvalue weighted by Gasteiger charge is 2.29. The van der Waals surface area contributed by atoms with Crippen molar-refractivity contribution < 1.29 is 9.21 Å². The Bertz CT molecular complexity index is 736. The molecule has 0 spiro atoms. The van der Waals surface area contributed by atoms with Crippen molar-refractivity contribution in [2.24, 2.45) is 0 Å². The van der Waals surface area contributed by atoms with E-state index in [1.165, 1.54) is 32.4 Å². The summed E-state index contributed by atoms with van der Waals surface area (Å²) in [7, 11) is 0. The van der Waals surface area contributed by atoms with E-state index in [1.54, 1.807) is 0 Å². The molecule has 2 fully saturated rings. The lowest BCUT2D eigenvalue weighted by Gasteiger charge is -2.37. The standard InChI is InChI=1S/C18H24N4O2/c1-13-19-16-11-14(6-7-17(16)24-13)20-18(23)22-10-4-5-15(12-22)21-8-2-3-9-21/h6-7,11,15H,2-5,8-10,12H2,1H3,(H,20,23). The SMILES string of the molecule is Cc1nc2cc(NC(=O)N3CCCC(N4CCCC4)C3)ccc2o1. The third-order valence-electron chi connectivity index (χ3n) is 5.09. The average Bonchev–Trinajstić information content (AvgIpc) is 3.23. The maximum Gasteiger partial charge on any atom is 0.321 e. The molecule has 1 N–H and O–H groups in total. The Morgan fingerprint density at radius 2 is 2.08 bits per heavy atom. The first-order valence-electron chi connectivity index (χ1n) is 8.86. The van der Waals surface area contributed by atoms with Crippen molar-refractivity contribution in [3.05, 3.63) is 24.1 Å². The molecule has 4 rings (SSSR count). The van der Waals surface area contributed by atoms with Crippen LogP contribution in [0.15, 0.2) is 22.6 Å². The number of urea groups is 1. The lowest BCUT2D eigenvalue weighted by Crippen LogP contribution is -2.50. The van der Waals surface area contributed by atoms with Crippen LogP contribution in [0.4, 0.5) is 10.5 Å². The zero-order valence-electron chi connectivity index (χ0n) is 14.1. The number of piperidine rings is 1. The number of nitrogens with zero attached hydrogens (tertiary/aromatic N) is 3. The first kappa shape index (κ1) is 15.4. The van der Waals surface area contributed by atoms with Crippen LogP contribution < -0.4 is 5.32 Å². The number of aromatic nitrogens is 1. The number of benzene rings is 1. The number of anilines is 1. The number of fused-ring (bicyclic) bond motifs is 1. The van der Waals surface area contributed by atoms with E-state index in [-0.39, 0.29) is 6.03 Å². The molecule has 3 heterocycles. The zero-order valence-corrected chi connectivity index (χ0v) is 14.1. The van der Waals surface area contributed by atoms with Crippen LogP contribution >= 0.6 is 0 Å². The lowest BCUT2D eigenvalue weighted by atomic mass is 10.0. The molecule has 1 atom stereocenters. The van der Waals surface area contributed by atoms with Gasteiger partial charge >= 0.3 is 6.03 Å². The molecular formula is C18H24N4O2. The summed E-state index contributed by atoms with van der Waals surface area (Å²) in [6.45, 7) is 5.85. The predicted octanol–water partition coefficient (Wildman–Crippen LogP) is 3.23. The molecule has 2 amide bonds. The molecule has 2 aliphatic rings. The Morgan fingerprint density at radius 3 is 2.92 bits per heavy atom. The molecule has 2 aromatic rings. The van der Waals surface area contributed by atoms with Gasteiger partial charge in [0.25, 0.3) is 0 Å². The van der Waals surface area contributed by atoms with E-state index in [1.807, 2.05) is 30.0 Å². The Kier molecular flexibility index (Phi) is 4.14. The number of hydrogen-bond donors (Lipinski definition) is 1. The Labute approximate surface area is 141 Å². The van der Waals surface area contributed by atoms with Crippen molar-refractivity contribution in [1.29, 1.82) is 0 Å². The summed E-state index contributed by atoms with van der Waals surface area (Å²) in [5.41, 5.74) is 2.29. The second-order valence-corrected chi connectivity index (χ2v) is 6.83. The van der Waals surface area contributed by atoms with Gasteiger partial charge in [0.15, 0.2) is 11.5 Å². The summed E-state index contributed by atoms with van der Waals surface area (Å²) in [5.74, 6) is 0.637. The Morgan fingerprint density at radius 1 is 1.25 bits per heavy atom. The Hall–Kier alpha value is -2.08. The second kappa shape index (κ2) is 6.43. The number of oxazole rings is 1.